The van der Waals surface area contributed by atoms with Crippen LogP contribution in [0.2, 0.25) is 0 Å². The summed E-state index contributed by atoms with van der Waals surface area (Å²) < 4.78 is 11.0. The summed E-state index contributed by atoms with van der Waals surface area (Å²) in [5.74, 6) is 0.838. The van der Waals surface area contributed by atoms with Crippen molar-refractivity contribution in [2.24, 2.45) is 11.8 Å². The Kier molecular flexibility index (Phi) is 4.98. The molecule has 3 unspecified atom stereocenters. The molecule has 0 aromatic carbocycles. The van der Waals surface area contributed by atoms with Crippen LogP contribution in [0, 0.1) is 11.8 Å². The van der Waals surface area contributed by atoms with Gasteiger partial charge in [-0.3, -0.25) is 4.79 Å². The second kappa shape index (κ2) is 6.56. The number of aliphatic carboxylic acids is 1. The highest BCUT2D eigenvalue weighted by molar-refractivity contribution is 5.66. The van der Waals surface area contributed by atoms with Gasteiger partial charge in [0, 0.05) is 20.0 Å². The van der Waals surface area contributed by atoms with Crippen molar-refractivity contribution < 1.29 is 19.2 Å². The maximum absolute atomic E-state index is 10.7. The number of carboxylic acid groups (broad SMARTS) is 1. The van der Waals surface area contributed by atoms with Crippen LogP contribution in [0.1, 0.15) is 57.7 Å². The number of carboxylic acids is 1. The lowest BCUT2D eigenvalue weighted by atomic mass is 9.78. The molecular weight excluding hydrogens is 272 g/mol. The molecule has 6 heteroatoms. The fraction of sp³-hybridized carbons (Fsp3) is 0.800. The van der Waals surface area contributed by atoms with Gasteiger partial charge in [0.2, 0.25) is 11.7 Å². The maximum Gasteiger partial charge on any atom is 0.303 e. The van der Waals surface area contributed by atoms with Crippen LogP contribution in [0.15, 0.2) is 4.52 Å². The zero-order chi connectivity index (χ0) is 15.5. The largest absolute Gasteiger partial charge is 0.481 e. The third kappa shape index (κ3) is 3.81. The van der Waals surface area contributed by atoms with Crippen molar-refractivity contribution in [1.82, 2.24) is 10.1 Å². The van der Waals surface area contributed by atoms with Gasteiger partial charge in [-0.25, -0.2) is 0 Å². The van der Waals surface area contributed by atoms with E-state index >= 15 is 0 Å². The zero-order valence-electron chi connectivity index (χ0n) is 13.0. The van der Waals surface area contributed by atoms with Gasteiger partial charge in [-0.2, -0.15) is 4.98 Å². The van der Waals surface area contributed by atoms with E-state index in [-0.39, 0.29) is 12.3 Å². The van der Waals surface area contributed by atoms with Crippen LogP contribution in [0.5, 0.6) is 0 Å². The summed E-state index contributed by atoms with van der Waals surface area (Å²) in [5.41, 5.74) is -0.449. The molecule has 1 N–H and O–H groups in total. The molecule has 0 saturated heterocycles. The molecule has 0 radical (unpaired) electrons. The molecule has 1 aliphatic carbocycles. The van der Waals surface area contributed by atoms with Gasteiger partial charge in [0.05, 0.1) is 0 Å². The first-order valence-corrected chi connectivity index (χ1v) is 7.55. The van der Waals surface area contributed by atoms with Gasteiger partial charge in [0.1, 0.15) is 5.60 Å². The van der Waals surface area contributed by atoms with Gasteiger partial charge in [-0.15, -0.1) is 0 Å². The minimum atomic E-state index is -0.809. The predicted molar refractivity (Wildman–Crippen MR) is 75.7 cm³/mol. The summed E-state index contributed by atoms with van der Waals surface area (Å²) in [6.45, 7) is 4.08. The summed E-state index contributed by atoms with van der Waals surface area (Å²) in [4.78, 5) is 15.2. The lowest BCUT2D eigenvalue weighted by Crippen LogP contribution is -2.35. The minimum absolute atomic E-state index is 0.0282. The number of methoxy groups -OCH3 is 1. The molecule has 2 rings (SSSR count). The van der Waals surface area contributed by atoms with Gasteiger partial charge < -0.3 is 14.4 Å². The Morgan fingerprint density at radius 2 is 2.38 bits per heavy atom. The van der Waals surface area contributed by atoms with Crippen LogP contribution >= 0.6 is 0 Å². The average Bonchev–Trinajstić information content (AvgIpc) is 2.86. The Hall–Kier alpha value is -1.43. The van der Waals surface area contributed by atoms with Crippen molar-refractivity contribution in [3.63, 3.8) is 0 Å². The number of nitrogens with zero attached hydrogens (tertiary/aromatic N) is 2. The van der Waals surface area contributed by atoms with E-state index in [0.717, 1.165) is 19.3 Å². The number of rotatable bonds is 6. The van der Waals surface area contributed by atoms with Gasteiger partial charge in [-0.05, 0) is 31.1 Å². The van der Waals surface area contributed by atoms with Crippen molar-refractivity contribution in [2.75, 3.05) is 7.11 Å². The topological polar surface area (TPSA) is 85.5 Å². The van der Waals surface area contributed by atoms with E-state index in [1.807, 2.05) is 6.92 Å². The van der Waals surface area contributed by atoms with Crippen LogP contribution < -0.4 is 0 Å². The molecule has 6 nitrogen and oxygen atoms in total. The number of aromatic nitrogens is 2. The molecule has 0 amide bonds. The minimum Gasteiger partial charge on any atom is -0.481 e. The molecule has 1 aromatic heterocycles. The predicted octanol–water partition coefficient (Wildman–Crippen LogP) is 2.77. The monoisotopic (exact) mass is 296 g/mol. The first kappa shape index (κ1) is 15.9. The summed E-state index contributed by atoms with van der Waals surface area (Å²) in [6, 6.07) is 0. The molecule has 0 aliphatic heterocycles. The van der Waals surface area contributed by atoms with Gasteiger partial charge in [-0.1, -0.05) is 25.4 Å². The Morgan fingerprint density at radius 1 is 1.62 bits per heavy atom. The molecule has 1 fully saturated rings. The molecule has 3 atom stereocenters. The number of ether oxygens (including phenoxy) is 1. The molecule has 118 valence electrons. The van der Waals surface area contributed by atoms with E-state index in [2.05, 4.69) is 17.1 Å². The van der Waals surface area contributed by atoms with Crippen molar-refractivity contribution >= 4 is 5.97 Å². The third-order valence-corrected chi connectivity index (χ3v) is 4.27. The van der Waals surface area contributed by atoms with Crippen LogP contribution in [0.3, 0.4) is 0 Å². The Bertz CT molecular complexity index is 488. The highest BCUT2D eigenvalue weighted by Gasteiger charge is 2.40. The Morgan fingerprint density at radius 3 is 3.00 bits per heavy atom. The Labute approximate surface area is 124 Å². The van der Waals surface area contributed by atoms with E-state index in [1.54, 1.807) is 7.11 Å². The quantitative estimate of drug-likeness (QED) is 0.868. The molecule has 1 aromatic rings. The lowest BCUT2D eigenvalue weighted by molar-refractivity contribution is -0.137. The maximum atomic E-state index is 10.7. The molecule has 0 bridgehead atoms. The van der Waals surface area contributed by atoms with Crippen molar-refractivity contribution in [3.8, 4) is 0 Å². The number of hydrogen-bond donors (Lipinski definition) is 1. The lowest BCUT2D eigenvalue weighted by Gasteiger charge is -2.36. The van der Waals surface area contributed by atoms with Crippen molar-refractivity contribution in [1.29, 1.82) is 0 Å². The zero-order valence-corrected chi connectivity index (χ0v) is 13.0. The van der Waals surface area contributed by atoms with Crippen LogP contribution in [-0.4, -0.2) is 28.3 Å². The van der Waals surface area contributed by atoms with Gasteiger partial charge in [0.15, 0.2) is 0 Å². The van der Waals surface area contributed by atoms with E-state index in [0.29, 0.717) is 24.1 Å². The van der Waals surface area contributed by atoms with Crippen LogP contribution in [0.25, 0.3) is 0 Å². The fourth-order valence-corrected chi connectivity index (χ4v) is 3.17. The van der Waals surface area contributed by atoms with Crippen molar-refractivity contribution in [3.05, 3.63) is 11.7 Å². The first-order valence-electron chi connectivity index (χ1n) is 7.55. The van der Waals surface area contributed by atoms with Crippen LogP contribution in [-0.2, 0) is 21.6 Å². The Balaban J connectivity index is 2.08. The highest BCUT2D eigenvalue weighted by atomic mass is 16.5. The van der Waals surface area contributed by atoms with E-state index in [4.69, 9.17) is 14.4 Å². The number of carbonyl (C=O) groups is 1. The van der Waals surface area contributed by atoms with Gasteiger partial charge >= 0.3 is 5.97 Å². The average molecular weight is 296 g/mol. The first-order chi connectivity index (χ1) is 9.95. The molecule has 21 heavy (non-hydrogen) atoms. The molecule has 1 saturated carbocycles. The van der Waals surface area contributed by atoms with Gasteiger partial charge in [0.25, 0.3) is 0 Å². The fourth-order valence-electron chi connectivity index (χ4n) is 3.17. The SMILES string of the molecule is COC1(c2noc(CC(C)CC(=O)O)n2)CCCC(C)C1. The number of hydrogen-bond acceptors (Lipinski definition) is 5. The third-order valence-electron chi connectivity index (χ3n) is 4.27. The molecule has 1 aliphatic rings. The van der Waals surface area contributed by atoms with E-state index in [9.17, 15) is 4.79 Å². The molecule has 0 spiro atoms. The van der Waals surface area contributed by atoms with E-state index < -0.39 is 11.6 Å². The molecule has 1 heterocycles. The second-order valence-corrected chi connectivity index (χ2v) is 6.32. The highest BCUT2D eigenvalue weighted by Crippen LogP contribution is 2.41. The van der Waals surface area contributed by atoms with Crippen molar-refractivity contribution in [2.45, 2.75) is 58.0 Å². The summed E-state index contributed by atoms with van der Waals surface area (Å²) in [5, 5.41) is 12.9. The van der Waals surface area contributed by atoms with E-state index in [1.165, 1.54) is 6.42 Å². The smallest absolute Gasteiger partial charge is 0.303 e. The summed E-state index contributed by atoms with van der Waals surface area (Å²) in [6.07, 6.45) is 4.67. The summed E-state index contributed by atoms with van der Waals surface area (Å²) in [7, 11) is 1.70. The molecular formula is C15H24N2O4. The summed E-state index contributed by atoms with van der Waals surface area (Å²) >= 11 is 0. The van der Waals surface area contributed by atoms with Crippen LogP contribution in [0.4, 0.5) is 0 Å². The standard InChI is InChI=1S/C15H24N2O4/c1-10-5-4-6-15(9-10,20-3)14-16-12(21-17-14)7-11(2)8-13(18)19/h10-11H,4-9H2,1-3H3,(H,18,19). The second-order valence-electron chi connectivity index (χ2n) is 6.32. The normalized spacial score (nSPS) is 27.5.